The number of likely N-dealkylation sites (tertiary alicyclic amines) is 1. The molecule has 0 aliphatic carbocycles. The normalized spacial score (nSPS) is 20.2. The molecule has 0 saturated carbocycles. The first-order chi connectivity index (χ1) is 9.29. The molecule has 1 fully saturated rings. The van der Waals surface area contributed by atoms with Crippen LogP contribution in [0.25, 0.3) is 0 Å². The number of rotatable bonds is 5. The molecule has 0 aromatic heterocycles. The van der Waals surface area contributed by atoms with E-state index in [1.165, 1.54) is 12.7 Å². The highest BCUT2D eigenvalue weighted by Gasteiger charge is 2.25. The van der Waals surface area contributed by atoms with Gasteiger partial charge in [0, 0.05) is 6.54 Å². The Labute approximate surface area is 115 Å². The summed E-state index contributed by atoms with van der Waals surface area (Å²) in [6.45, 7) is 3.05. The first-order valence-electron chi connectivity index (χ1n) is 7.13. The number of methoxy groups -OCH3 is 1. The molecule has 1 aliphatic heterocycles. The van der Waals surface area contributed by atoms with Crippen molar-refractivity contribution in [2.75, 3.05) is 26.7 Å². The standard InChI is InChI=1S/C16H23NO2/c1-19-16(18)15-10-6-12-17(13-15)11-5-9-14-7-3-2-4-8-14/h2-4,7-8,15H,5-6,9-13H2,1H3/t15-/m0/s1. The summed E-state index contributed by atoms with van der Waals surface area (Å²) in [7, 11) is 1.48. The molecule has 1 heterocycles. The Bertz CT molecular complexity index is 391. The molecule has 104 valence electrons. The number of benzene rings is 1. The van der Waals surface area contributed by atoms with E-state index in [0.717, 1.165) is 45.3 Å². The van der Waals surface area contributed by atoms with Gasteiger partial charge in [-0.25, -0.2) is 0 Å². The summed E-state index contributed by atoms with van der Waals surface area (Å²) < 4.78 is 4.85. The van der Waals surface area contributed by atoms with Gasteiger partial charge in [-0.05, 0) is 44.3 Å². The minimum atomic E-state index is -0.0484. The van der Waals surface area contributed by atoms with E-state index in [4.69, 9.17) is 4.74 Å². The third kappa shape index (κ3) is 4.35. The van der Waals surface area contributed by atoms with Gasteiger partial charge in [-0.15, -0.1) is 0 Å². The lowest BCUT2D eigenvalue weighted by atomic mass is 9.98. The van der Waals surface area contributed by atoms with Gasteiger partial charge in [0.2, 0.25) is 0 Å². The van der Waals surface area contributed by atoms with Crippen molar-refractivity contribution in [3.63, 3.8) is 0 Å². The van der Waals surface area contributed by atoms with Crippen molar-refractivity contribution in [3.05, 3.63) is 35.9 Å². The fourth-order valence-electron chi connectivity index (χ4n) is 2.77. The fourth-order valence-corrected chi connectivity index (χ4v) is 2.77. The average Bonchev–Trinajstić information content (AvgIpc) is 2.48. The number of esters is 1. The van der Waals surface area contributed by atoms with Gasteiger partial charge >= 0.3 is 5.97 Å². The molecule has 1 aromatic carbocycles. The van der Waals surface area contributed by atoms with E-state index in [-0.39, 0.29) is 11.9 Å². The minimum absolute atomic E-state index is 0.0484. The zero-order chi connectivity index (χ0) is 13.5. The number of nitrogens with zero attached hydrogens (tertiary/aromatic N) is 1. The van der Waals surface area contributed by atoms with Crippen molar-refractivity contribution in [2.45, 2.75) is 25.7 Å². The molecule has 2 rings (SSSR count). The van der Waals surface area contributed by atoms with Gasteiger partial charge in [0.05, 0.1) is 13.0 Å². The van der Waals surface area contributed by atoms with Crippen molar-refractivity contribution in [3.8, 4) is 0 Å². The second-order valence-electron chi connectivity index (χ2n) is 5.25. The number of ether oxygens (including phenoxy) is 1. The van der Waals surface area contributed by atoms with Crippen molar-refractivity contribution in [2.24, 2.45) is 5.92 Å². The van der Waals surface area contributed by atoms with Crippen LogP contribution in [0.15, 0.2) is 30.3 Å². The molecule has 0 spiro atoms. The fraction of sp³-hybridized carbons (Fsp3) is 0.562. The van der Waals surface area contributed by atoms with E-state index < -0.39 is 0 Å². The lowest BCUT2D eigenvalue weighted by Crippen LogP contribution is -2.39. The van der Waals surface area contributed by atoms with Gasteiger partial charge < -0.3 is 9.64 Å². The molecule has 0 N–H and O–H groups in total. The maximum absolute atomic E-state index is 11.6. The first kappa shape index (κ1) is 14.1. The monoisotopic (exact) mass is 261 g/mol. The van der Waals surface area contributed by atoms with E-state index in [1.807, 2.05) is 0 Å². The summed E-state index contributed by atoms with van der Waals surface area (Å²) in [4.78, 5) is 14.0. The van der Waals surface area contributed by atoms with Crippen molar-refractivity contribution in [1.29, 1.82) is 0 Å². The van der Waals surface area contributed by atoms with E-state index in [1.54, 1.807) is 0 Å². The predicted molar refractivity (Wildman–Crippen MR) is 75.9 cm³/mol. The summed E-state index contributed by atoms with van der Waals surface area (Å²) in [5.41, 5.74) is 1.39. The summed E-state index contributed by atoms with van der Waals surface area (Å²) in [6.07, 6.45) is 4.34. The van der Waals surface area contributed by atoms with Gasteiger partial charge in [-0.1, -0.05) is 30.3 Å². The minimum Gasteiger partial charge on any atom is -0.469 e. The highest BCUT2D eigenvalue weighted by molar-refractivity contribution is 5.72. The number of piperidine rings is 1. The number of hydrogen-bond donors (Lipinski definition) is 0. The van der Waals surface area contributed by atoms with Crippen LogP contribution in [0.3, 0.4) is 0 Å². The number of carbonyl (C=O) groups excluding carboxylic acids is 1. The maximum atomic E-state index is 11.6. The number of carbonyl (C=O) groups is 1. The zero-order valence-corrected chi connectivity index (χ0v) is 11.7. The molecular weight excluding hydrogens is 238 g/mol. The van der Waals surface area contributed by atoms with Crippen LogP contribution in [0.5, 0.6) is 0 Å². The van der Waals surface area contributed by atoms with E-state index in [0.29, 0.717) is 0 Å². The second-order valence-corrected chi connectivity index (χ2v) is 5.25. The quantitative estimate of drug-likeness (QED) is 0.763. The summed E-state index contributed by atoms with van der Waals surface area (Å²) in [5.74, 6) is 0.0308. The molecule has 0 radical (unpaired) electrons. The van der Waals surface area contributed by atoms with Crippen LogP contribution in [0.4, 0.5) is 0 Å². The SMILES string of the molecule is COC(=O)[C@H]1CCCN(CCCc2ccccc2)C1. The molecule has 3 nitrogen and oxygen atoms in total. The molecule has 1 saturated heterocycles. The first-order valence-corrected chi connectivity index (χ1v) is 7.13. The van der Waals surface area contributed by atoms with Crippen LogP contribution >= 0.6 is 0 Å². The van der Waals surface area contributed by atoms with Crippen LogP contribution in [-0.4, -0.2) is 37.6 Å². The highest BCUT2D eigenvalue weighted by atomic mass is 16.5. The lowest BCUT2D eigenvalue weighted by molar-refractivity contribution is -0.147. The number of hydrogen-bond acceptors (Lipinski definition) is 3. The van der Waals surface area contributed by atoms with E-state index >= 15 is 0 Å². The number of aryl methyl sites for hydroxylation is 1. The van der Waals surface area contributed by atoms with Gasteiger partial charge in [0.15, 0.2) is 0 Å². The Morgan fingerprint density at radius 1 is 1.37 bits per heavy atom. The van der Waals surface area contributed by atoms with Gasteiger partial charge in [-0.3, -0.25) is 4.79 Å². The topological polar surface area (TPSA) is 29.5 Å². The third-order valence-corrected chi connectivity index (χ3v) is 3.82. The van der Waals surface area contributed by atoms with Crippen molar-refractivity contribution >= 4 is 5.97 Å². The molecule has 0 bridgehead atoms. The van der Waals surface area contributed by atoms with Gasteiger partial charge in [0.1, 0.15) is 0 Å². The molecule has 0 unspecified atom stereocenters. The van der Waals surface area contributed by atoms with Crippen LogP contribution in [0, 0.1) is 5.92 Å². The van der Waals surface area contributed by atoms with Crippen LogP contribution in [-0.2, 0) is 16.0 Å². The Kier molecular flexibility index (Phi) is 5.40. The largest absolute Gasteiger partial charge is 0.469 e. The van der Waals surface area contributed by atoms with Crippen LogP contribution in [0.2, 0.25) is 0 Å². The Morgan fingerprint density at radius 3 is 2.89 bits per heavy atom. The van der Waals surface area contributed by atoms with Crippen molar-refractivity contribution in [1.82, 2.24) is 4.90 Å². The predicted octanol–water partition coefficient (Wildman–Crippen LogP) is 2.50. The van der Waals surface area contributed by atoms with Crippen molar-refractivity contribution < 1.29 is 9.53 Å². The van der Waals surface area contributed by atoms with Crippen LogP contribution in [0.1, 0.15) is 24.8 Å². The Hall–Kier alpha value is -1.35. The van der Waals surface area contributed by atoms with Crippen LogP contribution < -0.4 is 0 Å². The second kappa shape index (κ2) is 7.29. The summed E-state index contributed by atoms with van der Waals surface area (Å²) >= 11 is 0. The molecular formula is C16H23NO2. The highest BCUT2D eigenvalue weighted by Crippen LogP contribution is 2.18. The molecule has 1 aliphatic rings. The molecule has 1 atom stereocenters. The van der Waals surface area contributed by atoms with E-state index in [2.05, 4.69) is 35.2 Å². The van der Waals surface area contributed by atoms with E-state index in [9.17, 15) is 4.79 Å². The summed E-state index contributed by atoms with van der Waals surface area (Å²) in [6, 6.07) is 10.6. The molecule has 3 heteroatoms. The average molecular weight is 261 g/mol. The van der Waals surface area contributed by atoms with Gasteiger partial charge in [0.25, 0.3) is 0 Å². The molecule has 1 aromatic rings. The smallest absolute Gasteiger partial charge is 0.309 e. The lowest BCUT2D eigenvalue weighted by Gasteiger charge is -2.31. The Morgan fingerprint density at radius 2 is 2.16 bits per heavy atom. The maximum Gasteiger partial charge on any atom is 0.309 e. The third-order valence-electron chi connectivity index (χ3n) is 3.82. The Balaban J connectivity index is 1.72. The molecule has 19 heavy (non-hydrogen) atoms. The molecule has 0 amide bonds. The zero-order valence-electron chi connectivity index (χ0n) is 11.7. The summed E-state index contributed by atoms with van der Waals surface area (Å²) in [5, 5.41) is 0. The van der Waals surface area contributed by atoms with Gasteiger partial charge in [-0.2, -0.15) is 0 Å².